The summed E-state index contributed by atoms with van der Waals surface area (Å²) in [6.07, 6.45) is 0.998. The standard InChI is InChI=1S/C24H18Cl4IN3O4/c1-35-21-7-13(6-20(29)24(21)36-12-14-2-3-15(25)8-18(14)27)11-30-32-23(34)10-22(33)31-16-4-5-17(26)19(28)9-16/h2-9,11H,10,12H2,1H3,(H,31,33)(H,32,34). The highest BCUT2D eigenvalue weighted by atomic mass is 127. The SMILES string of the molecule is COc1cc(C=NNC(=O)CC(=O)Nc2ccc(Cl)c(Cl)c2)cc(I)c1OCc1ccc(Cl)cc1Cl. The van der Waals surface area contributed by atoms with Gasteiger partial charge in [0, 0.05) is 21.3 Å². The number of carbonyl (C=O) groups is 2. The highest BCUT2D eigenvalue weighted by molar-refractivity contribution is 14.1. The van der Waals surface area contributed by atoms with Gasteiger partial charge in [0.15, 0.2) is 11.5 Å². The number of rotatable bonds is 9. The number of nitrogens with one attached hydrogen (secondary N) is 2. The van der Waals surface area contributed by atoms with Crippen LogP contribution in [0.2, 0.25) is 20.1 Å². The Morgan fingerprint density at radius 1 is 0.972 bits per heavy atom. The van der Waals surface area contributed by atoms with Gasteiger partial charge >= 0.3 is 0 Å². The molecule has 0 aliphatic rings. The minimum absolute atomic E-state index is 0.218. The summed E-state index contributed by atoms with van der Waals surface area (Å²) in [5.41, 5.74) is 4.16. The molecule has 0 saturated heterocycles. The first-order chi connectivity index (χ1) is 17.2. The van der Waals surface area contributed by atoms with Crippen molar-refractivity contribution in [3.8, 4) is 11.5 Å². The molecule has 0 spiro atoms. The number of halogens is 5. The van der Waals surface area contributed by atoms with Crippen LogP contribution >= 0.6 is 69.0 Å². The van der Waals surface area contributed by atoms with Crippen LogP contribution in [0, 0.1) is 3.57 Å². The van der Waals surface area contributed by atoms with Crippen LogP contribution in [0.1, 0.15) is 17.5 Å². The monoisotopic (exact) mass is 679 g/mol. The number of ether oxygens (including phenoxy) is 2. The van der Waals surface area contributed by atoms with Crippen molar-refractivity contribution in [2.75, 3.05) is 12.4 Å². The van der Waals surface area contributed by atoms with Crippen molar-refractivity contribution in [1.29, 1.82) is 0 Å². The van der Waals surface area contributed by atoms with Crippen LogP contribution in [0.15, 0.2) is 53.6 Å². The van der Waals surface area contributed by atoms with Crippen LogP contribution < -0.4 is 20.2 Å². The lowest BCUT2D eigenvalue weighted by atomic mass is 10.2. The normalized spacial score (nSPS) is 10.8. The van der Waals surface area contributed by atoms with E-state index in [1.165, 1.54) is 19.4 Å². The van der Waals surface area contributed by atoms with Crippen molar-refractivity contribution in [2.45, 2.75) is 13.0 Å². The third-order valence-electron chi connectivity index (χ3n) is 4.57. The first-order valence-corrected chi connectivity index (χ1v) is 12.8. The third-order valence-corrected chi connectivity index (χ3v) is 6.69. The lowest BCUT2D eigenvalue weighted by Crippen LogP contribution is -2.24. The molecule has 0 aliphatic heterocycles. The predicted octanol–water partition coefficient (Wildman–Crippen LogP) is 6.97. The Balaban J connectivity index is 1.58. The lowest BCUT2D eigenvalue weighted by molar-refractivity contribution is -0.126. The van der Waals surface area contributed by atoms with Crippen molar-refractivity contribution in [1.82, 2.24) is 5.43 Å². The Labute approximate surface area is 241 Å². The molecule has 0 atom stereocenters. The summed E-state index contributed by atoms with van der Waals surface area (Å²) in [5, 5.41) is 8.17. The van der Waals surface area contributed by atoms with Crippen LogP contribution in [0.4, 0.5) is 5.69 Å². The molecular formula is C24H18Cl4IN3O4. The smallest absolute Gasteiger partial charge is 0.249 e. The maximum Gasteiger partial charge on any atom is 0.249 e. The quantitative estimate of drug-likeness (QED) is 0.111. The molecule has 0 fully saturated rings. The molecule has 0 unspecified atom stereocenters. The number of carbonyl (C=O) groups excluding carboxylic acids is 2. The Morgan fingerprint density at radius 3 is 2.44 bits per heavy atom. The van der Waals surface area contributed by atoms with Crippen LogP contribution in [-0.2, 0) is 16.2 Å². The van der Waals surface area contributed by atoms with E-state index in [-0.39, 0.29) is 6.61 Å². The summed E-state index contributed by atoms with van der Waals surface area (Å²) < 4.78 is 12.1. The Kier molecular flexibility index (Phi) is 10.5. The molecule has 2 amide bonds. The zero-order chi connectivity index (χ0) is 26.2. The minimum Gasteiger partial charge on any atom is -0.493 e. The molecule has 3 aromatic rings. The van der Waals surface area contributed by atoms with Crippen molar-refractivity contribution < 1.29 is 19.1 Å². The first-order valence-electron chi connectivity index (χ1n) is 10.2. The molecule has 0 aliphatic carbocycles. The zero-order valence-corrected chi connectivity index (χ0v) is 23.8. The largest absolute Gasteiger partial charge is 0.493 e. The van der Waals surface area contributed by atoms with E-state index in [1.807, 2.05) is 0 Å². The highest BCUT2D eigenvalue weighted by Crippen LogP contribution is 2.35. The Hall–Kier alpha value is -2.24. The van der Waals surface area contributed by atoms with E-state index in [4.69, 9.17) is 55.9 Å². The molecule has 0 saturated carbocycles. The van der Waals surface area contributed by atoms with Crippen molar-refractivity contribution >= 4 is 92.7 Å². The number of hydrogen-bond acceptors (Lipinski definition) is 5. The number of amides is 2. The minimum atomic E-state index is -0.592. The molecule has 36 heavy (non-hydrogen) atoms. The number of nitrogens with zero attached hydrogens (tertiary/aromatic N) is 1. The summed E-state index contributed by atoms with van der Waals surface area (Å²) in [4.78, 5) is 24.1. The van der Waals surface area contributed by atoms with Gasteiger partial charge in [-0.2, -0.15) is 5.10 Å². The summed E-state index contributed by atoms with van der Waals surface area (Å²) in [7, 11) is 1.52. The van der Waals surface area contributed by atoms with Crippen molar-refractivity contribution in [3.63, 3.8) is 0 Å². The topological polar surface area (TPSA) is 89.0 Å². The van der Waals surface area contributed by atoms with Crippen molar-refractivity contribution in [3.05, 3.63) is 83.3 Å². The molecule has 2 N–H and O–H groups in total. The second kappa shape index (κ2) is 13.3. The van der Waals surface area contributed by atoms with Gasteiger partial charge in [-0.05, 0) is 70.6 Å². The number of methoxy groups -OCH3 is 1. The Morgan fingerprint density at radius 2 is 1.75 bits per heavy atom. The van der Waals surface area contributed by atoms with Crippen molar-refractivity contribution in [2.24, 2.45) is 5.10 Å². The van der Waals surface area contributed by atoms with Crippen LogP contribution in [0.3, 0.4) is 0 Å². The average Bonchev–Trinajstić information content (AvgIpc) is 2.81. The van der Waals surface area contributed by atoms with Gasteiger partial charge in [0.2, 0.25) is 11.8 Å². The van der Waals surface area contributed by atoms with E-state index in [1.54, 1.807) is 42.5 Å². The first kappa shape index (κ1) is 28.3. The third kappa shape index (κ3) is 8.14. The van der Waals surface area contributed by atoms with E-state index in [0.29, 0.717) is 42.8 Å². The zero-order valence-electron chi connectivity index (χ0n) is 18.6. The Bertz CT molecular complexity index is 1320. The van der Waals surface area contributed by atoms with Gasteiger partial charge in [-0.3, -0.25) is 9.59 Å². The molecule has 0 heterocycles. The second-order valence-corrected chi connectivity index (χ2v) is 10.0. The van der Waals surface area contributed by atoms with Gasteiger partial charge in [-0.25, -0.2) is 5.43 Å². The lowest BCUT2D eigenvalue weighted by Gasteiger charge is -2.14. The summed E-state index contributed by atoms with van der Waals surface area (Å²) in [5.74, 6) is -0.116. The molecule has 0 aromatic heterocycles. The average molecular weight is 681 g/mol. The molecule has 3 aromatic carbocycles. The highest BCUT2D eigenvalue weighted by Gasteiger charge is 2.13. The van der Waals surface area contributed by atoms with Gasteiger partial charge in [-0.1, -0.05) is 52.5 Å². The number of hydrazone groups is 1. The summed E-state index contributed by atoms with van der Waals surface area (Å²) >= 11 is 26.0. The maximum absolute atomic E-state index is 12.1. The van der Waals surface area contributed by atoms with Gasteiger partial charge in [0.1, 0.15) is 13.0 Å². The number of benzene rings is 3. The van der Waals surface area contributed by atoms with E-state index in [0.717, 1.165) is 9.13 Å². The number of anilines is 1. The summed E-state index contributed by atoms with van der Waals surface area (Å²) in [6.45, 7) is 0.218. The van der Waals surface area contributed by atoms with E-state index < -0.39 is 18.2 Å². The molecule has 3 rings (SSSR count). The fourth-order valence-corrected chi connectivity index (χ4v) is 4.43. The van der Waals surface area contributed by atoms with Crippen LogP contribution in [0.5, 0.6) is 11.5 Å². The van der Waals surface area contributed by atoms with E-state index in [2.05, 4.69) is 38.4 Å². The van der Waals surface area contributed by atoms with Gasteiger partial charge < -0.3 is 14.8 Å². The molecule has 0 radical (unpaired) electrons. The molecule has 0 bridgehead atoms. The second-order valence-electron chi connectivity index (χ2n) is 7.21. The molecule has 188 valence electrons. The van der Waals surface area contributed by atoms with E-state index in [9.17, 15) is 9.59 Å². The van der Waals surface area contributed by atoms with E-state index >= 15 is 0 Å². The van der Waals surface area contributed by atoms with Crippen LogP contribution in [-0.4, -0.2) is 25.1 Å². The fourth-order valence-electron chi connectivity index (χ4n) is 2.89. The molecular weight excluding hydrogens is 663 g/mol. The van der Waals surface area contributed by atoms with Gasteiger partial charge in [0.25, 0.3) is 0 Å². The summed E-state index contributed by atoms with van der Waals surface area (Å²) in [6, 6.07) is 13.3. The predicted molar refractivity (Wildman–Crippen MR) is 152 cm³/mol. The molecule has 12 heteroatoms. The number of hydrogen-bond donors (Lipinski definition) is 2. The fraction of sp³-hybridized carbons (Fsp3) is 0.125. The van der Waals surface area contributed by atoms with Gasteiger partial charge in [0.05, 0.1) is 26.9 Å². The van der Waals surface area contributed by atoms with Gasteiger partial charge in [-0.15, -0.1) is 0 Å². The maximum atomic E-state index is 12.1. The molecule has 7 nitrogen and oxygen atoms in total. The van der Waals surface area contributed by atoms with Crippen LogP contribution in [0.25, 0.3) is 0 Å².